The van der Waals surface area contributed by atoms with Gasteiger partial charge in [0.15, 0.2) is 10.3 Å². The van der Waals surface area contributed by atoms with Crippen LogP contribution in [0.25, 0.3) is 11.6 Å². The number of aromatic nitrogens is 2. The molecular formula is C25H36N4O12S3. The summed E-state index contributed by atoms with van der Waals surface area (Å²) >= 11 is 2.50. The number of carbonyl (C=O) groups is 4. The molecule has 2 heterocycles. The molecule has 246 valence electrons. The van der Waals surface area contributed by atoms with Crippen LogP contribution in [-0.2, 0) is 24.3 Å². The molecule has 0 radical (unpaired) electrons. The first-order valence-electron chi connectivity index (χ1n) is 12.3. The summed E-state index contributed by atoms with van der Waals surface area (Å²) in [6, 6.07) is 0. The van der Waals surface area contributed by atoms with Crippen LogP contribution in [-0.4, -0.2) is 74.6 Å². The minimum Gasteiger partial charge on any atom is -0.449 e. The molecule has 2 aromatic rings. The fraction of sp³-hybridized carbons (Fsp3) is 0.440. The number of carboxylic acid groups (broad SMARTS) is 2. The lowest BCUT2D eigenvalue weighted by atomic mass is 10.2. The number of rotatable bonds is 6. The van der Waals surface area contributed by atoms with Crippen LogP contribution in [0, 0.1) is 0 Å². The molecule has 5 N–H and O–H groups in total. The van der Waals surface area contributed by atoms with E-state index in [1.54, 1.807) is 39.2 Å². The largest absolute Gasteiger partial charge is 0.516 e. The van der Waals surface area contributed by atoms with E-state index in [2.05, 4.69) is 25.3 Å². The second-order valence-corrected chi connectivity index (χ2v) is 13.2. The monoisotopic (exact) mass is 680 g/mol. The van der Waals surface area contributed by atoms with Gasteiger partial charge in [0.2, 0.25) is 0 Å². The van der Waals surface area contributed by atoms with Gasteiger partial charge >= 0.3 is 24.5 Å². The summed E-state index contributed by atoms with van der Waals surface area (Å²) in [6.07, 6.45) is 0.567. The van der Waals surface area contributed by atoms with Crippen LogP contribution >= 0.6 is 22.7 Å². The van der Waals surface area contributed by atoms with E-state index in [1.165, 1.54) is 11.3 Å². The zero-order chi connectivity index (χ0) is 34.3. The number of hydrogen-bond donors (Lipinski definition) is 5. The number of ether oxygens (including phenoxy) is 3. The van der Waals surface area contributed by atoms with Crippen LogP contribution in [0.2, 0.25) is 0 Å². The van der Waals surface area contributed by atoms with Gasteiger partial charge in [-0.3, -0.25) is 15.2 Å². The number of anilines is 2. The van der Waals surface area contributed by atoms with Gasteiger partial charge in [0.05, 0.1) is 11.4 Å². The summed E-state index contributed by atoms with van der Waals surface area (Å²) < 4.78 is 44.0. The minimum atomic E-state index is -4.14. The Morgan fingerprint density at radius 2 is 1.32 bits per heavy atom. The highest BCUT2D eigenvalue weighted by molar-refractivity contribution is 7.86. The van der Waals surface area contributed by atoms with Gasteiger partial charge in [-0.15, -0.1) is 22.7 Å². The van der Waals surface area contributed by atoms with Crippen molar-refractivity contribution in [3.05, 3.63) is 34.3 Å². The second-order valence-electron chi connectivity index (χ2n) is 10.0. The SMILES string of the molecule is C/C=C(/CS(=O)(=O)O)c1csc(NC(=O)OC(C)(C)C)n1.C/C=C\c1csc(NC(=O)OC(C)(C)C)n1.O=C(O)OC(=O)O. The first kappa shape index (κ1) is 39.9. The van der Waals surface area contributed by atoms with E-state index in [4.69, 9.17) is 24.2 Å². The zero-order valence-corrected chi connectivity index (χ0v) is 27.7. The van der Waals surface area contributed by atoms with E-state index in [-0.39, 0.29) is 5.13 Å². The minimum absolute atomic E-state index is 0.286. The fourth-order valence-electron chi connectivity index (χ4n) is 2.43. The van der Waals surface area contributed by atoms with E-state index < -0.39 is 51.6 Å². The summed E-state index contributed by atoms with van der Waals surface area (Å²) in [4.78, 5) is 49.7. The first-order valence-corrected chi connectivity index (χ1v) is 15.7. The molecule has 0 saturated carbocycles. The molecule has 0 aromatic carbocycles. The van der Waals surface area contributed by atoms with Crippen LogP contribution in [0.5, 0.6) is 0 Å². The molecule has 0 fully saturated rings. The number of nitrogens with one attached hydrogen (secondary N) is 2. The maximum atomic E-state index is 11.6. The standard InChI is InChI=1S/C12H18N2O5S2.C11H16N2O2S.C2H2O5/c1-5-8(7-21(16,17)18)9-6-20-10(13-9)14-11(15)19-12(2,3)4;1-5-6-8-7-16-9(12-8)13-10(14)15-11(2,3)4;3-1(4)7-2(5)6/h5-6H,7H2,1-4H3,(H,13,14,15)(H,16,17,18);5-7H,1-4H3,(H,12,13,14);(H,3,4)(H,5,6)/b8-5-;6-5-;. The van der Waals surface area contributed by atoms with E-state index in [0.29, 0.717) is 16.4 Å². The van der Waals surface area contributed by atoms with Crippen LogP contribution < -0.4 is 10.6 Å². The summed E-state index contributed by atoms with van der Waals surface area (Å²) in [6.45, 7) is 14.2. The van der Waals surface area contributed by atoms with Crippen LogP contribution in [0.4, 0.5) is 29.4 Å². The highest BCUT2D eigenvalue weighted by Crippen LogP contribution is 2.23. The normalized spacial score (nSPS) is 11.7. The summed E-state index contributed by atoms with van der Waals surface area (Å²) in [5, 5.41) is 24.3. The van der Waals surface area contributed by atoms with E-state index in [1.807, 2.05) is 45.2 Å². The lowest BCUT2D eigenvalue weighted by Gasteiger charge is -2.18. The zero-order valence-electron chi connectivity index (χ0n) is 25.2. The topological polar surface area (TPSA) is 241 Å². The van der Waals surface area contributed by atoms with Crippen LogP contribution in [0.3, 0.4) is 0 Å². The van der Waals surface area contributed by atoms with Gasteiger partial charge in [0.1, 0.15) is 17.0 Å². The van der Waals surface area contributed by atoms with Crippen molar-refractivity contribution in [1.82, 2.24) is 9.97 Å². The highest BCUT2D eigenvalue weighted by Gasteiger charge is 2.19. The molecule has 0 spiro atoms. The van der Waals surface area contributed by atoms with Crippen molar-refractivity contribution in [1.29, 1.82) is 0 Å². The third-order valence-electron chi connectivity index (χ3n) is 3.77. The van der Waals surface area contributed by atoms with E-state index in [9.17, 15) is 27.6 Å². The van der Waals surface area contributed by atoms with Crippen molar-refractivity contribution in [3.8, 4) is 0 Å². The highest BCUT2D eigenvalue weighted by atomic mass is 32.2. The molecule has 2 amide bonds. The average Bonchev–Trinajstić information content (AvgIpc) is 3.44. The third-order valence-corrected chi connectivity index (χ3v) is 5.98. The molecule has 44 heavy (non-hydrogen) atoms. The molecule has 2 aromatic heterocycles. The Balaban J connectivity index is 0.000000708. The number of allylic oxidation sites excluding steroid dienone is 2. The van der Waals surface area contributed by atoms with E-state index >= 15 is 0 Å². The Labute approximate surface area is 262 Å². The lowest BCUT2D eigenvalue weighted by molar-refractivity contribution is 0.0624. The Morgan fingerprint density at radius 3 is 1.68 bits per heavy atom. The Morgan fingerprint density at radius 1 is 0.864 bits per heavy atom. The van der Waals surface area contributed by atoms with Gasteiger partial charge < -0.3 is 24.4 Å². The number of nitrogens with zero attached hydrogens (tertiary/aromatic N) is 2. The van der Waals surface area contributed by atoms with Gasteiger partial charge in [-0.25, -0.2) is 29.1 Å². The van der Waals surface area contributed by atoms with Gasteiger partial charge in [-0.2, -0.15) is 8.42 Å². The summed E-state index contributed by atoms with van der Waals surface area (Å²) in [7, 11) is -4.14. The van der Waals surface area contributed by atoms with Crippen molar-refractivity contribution < 1.29 is 56.6 Å². The van der Waals surface area contributed by atoms with Crippen molar-refractivity contribution >= 4 is 79.2 Å². The van der Waals surface area contributed by atoms with Gasteiger partial charge in [0, 0.05) is 10.8 Å². The van der Waals surface area contributed by atoms with Crippen molar-refractivity contribution in [2.24, 2.45) is 0 Å². The predicted molar refractivity (Wildman–Crippen MR) is 166 cm³/mol. The van der Waals surface area contributed by atoms with Crippen LogP contribution in [0.1, 0.15) is 66.8 Å². The number of amides is 2. The van der Waals surface area contributed by atoms with Crippen molar-refractivity contribution in [2.75, 3.05) is 16.4 Å². The fourth-order valence-corrected chi connectivity index (χ4v) is 4.52. The quantitative estimate of drug-likeness (QED) is 0.0927. The molecule has 0 atom stereocenters. The second kappa shape index (κ2) is 17.9. The Bertz CT molecular complexity index is 1420. The number of thiazole rings is 2. The molecule has 16 nitrogen and oxygen atoms in total. The molecule has 2 rings (SSSR count). The van der Waals surface area contributed by atoms with Crippen molar-refractivity contribution in [3.63, 3.8) is 0 Å². The average molecular weight is 681 g/mol. The summed E-state index contributed by atoms with van der Waals surface area (Å²) in [5.41, 5.74) is 0.452. The predicted octanol–water partition coefficient (Wildman–Crippen LogP) is 6.66. The Hall–Kier alpha value is -4.07. The molecule has 0 aliphatic heterocycles. The van der Waals surface area contributed by atoms with Crippen LogP contribution in [0.15, 0.2) is 22.9 Å². The molecule has 0 aliphatic carbocycles. The molecule has 0 saturated heterocycles. The third kappa shape index (κ3) is 20.8. The van der Waals surface area contributed by atoms with Gasteiger partial charge in [-0.1, -0.05) is 12.2 Å². The first-order chi connectivity index (χ1) is 20.0. The molecule has 19 heteroatoms. The van der Waals surface area contributed by atoms with Gasteiger partial charge in [-0.05, 0) is 67.0 Å². The number of carbonyl (C=O) groups excluding carboxylic acids is 2. The maximum Gasteiger partial charge on any atom is 0.516 e. The van der Waals surface area contributed by atoms with Crippen molar-refractivity contribution in [2.45, 2.75) is 66.6 Å². The molecule has 0 aliphatic rings. The summed E-state index contributed by atoms with van der Waals surface area (Å²) in [5.74, 6) is -0.529. The van der Waals surface area contributed by atoms with Gasteiger partial charge in [0.25, 0.3) is 10.1 Å². The smallest absolute Gasteiger partial charge is 0.449 e. The molecule has 0 bridgehead atoms. The maximum absolute atomic E-state index is 11.6. The Kier molecular flexibility index (Phi) is 16.2. The lowest BCUT2D eigenvalue weighted by Crippen LogP contribution is -2.27. The molecule has 0 unspecified atom stereocenters. The number of hydrogen-bond acceptors (Lipinski definition) is 13. The molecular weight excluding hydrogens is 644 g/mol. The van der Waals surface area contributed by atoms with E-state index in [0.717, 1.165) is 17.0 Å².